The number of amides is 1. The van der Waals surface area contributed by atoms with Crippen LogP contribution in [0.2, 0.25) is 0 Å². The van der Waals surface area contributed by atoms with Gasteiger partial charge in [-0.2, -0.15) is 0 Å². The molecule has 0 unspecified atom stereocenters. The van der Waals surface area contributed by atoms with Gasteiger partial charge in [-0.1, -0.05) is 19.9 Å². The zero-order chi connectivity index (χ0) is 19.9. The number of H-pyrrole nitrogens is 1. The zero-order valence-corrected chi connectivity index (χ0v) is 18.2. The number of likely N-dealkylation sites (tertiary alicyclic amines) is 1. The van der Waals surface area contributed by atoms with Crippen LogP contribution in [0.25, 0.3) is 10.9 Å². The number of hydrogen-bond acceptors (Lipinski definition) is 2. The molecule has 6 heteroatoms. The van der Waals surface area contributed by atoms with E-state index in [1.54, 1.807) is 4.90 Å². The molecule has 0 atom stereocenters. The van der Waals surface area contributed by atoms with E-state index in [2.05, 4.69) is 34.8 Å². The predicted octanol–water partition coefficient (Wildman–Crippen LogP) is 6.31. The van der Waals surface area contributed by atoms with Crippen LogP contribution >= 0.6 is 15.9 Å². The van der Waals surface area contributed by atoms with Gasteiger partial charge in [0, 0.05) is 24.0 Å². The highest BCUT2D eigenvalue weighted by Gasteiger charge is 2.29. The first-order valence-corrected chi connectivity index (χ1v) is 10.3. The van der Waals surface area contributed by atoms with Gasteiger partial charge >= 0.3 is 6.09 Å². The summed E-state index contributed by atoms with van der Waals surface area (Å²) in [6, 6.07) is 3.85. The highest BCUT2D eigenvalue weighted by molar-refractivity contribution is 9.10. The van der Waals surface area contributed by atoms with Crippen LogP contribution in [0.1, 0.15) is 70.4 Å². The lowest BCUT2D eigenvalue weighted by Crippen LogP contribution is -2.41. The van der Waals surface area contributed by atoms with Crippen LogP contribution in [0, 0.1) is 5.82 Å². The third-order valence-corrected chi connectivity index (χ3v) is 5.71. The summed E-state index contributed by atoms with van der Waals surface area (Å²) >= 11 is 3.53. The second-order valence-corrected chi connectivity index (χ2v) is 9.43. The van der Waals surface area contributed by atoms with Crippen molar-refractivity contribution in [2.24, 2.45) is 0 Å². The van der Waals surface area contributed by atoms with Gasteiger partial charge in [0.25, 0.3) is 0 Å². The molecule has 3 rings (SSSR count). The maximum Gasteiger partial charge on any atom is 0.410 e. The Hall–Kier alpha value is -1.56. The van der Waals surface area contributed by atoms with Gasteiger partial charge < -0.3 is 14.6 Å². The molecular weight excluding hydrogens is 411 g/mol. The number of hydrogen-bond donors (Lipinski definition) is 1. The molecule has 0 saturated carbocycles. The number of nitrogens with one attached hydrogen (secondary N) is 1. The van der Waals surface area contributed by atoms with E-state index in [1.807, 2.05) is 32.9 Å². The van der Waals surface area contributed by atoms with E-state index in [0.717, 1.165) is 34.1 Å². The van der Waals surface area contributed by atoms with Crippen molar-refractivity contribution in [1.29, 1.82) is 0 Å². The Balaban J connectivity index is 1.81. The Kier molecular flexibility index (Phi) is 5.57. The van der Waals surface area contributed by atoms with E-state index in [4.69, 9.17) is 4.74 Å². The van der Waals surface area contributed by atoms with Crippen LogP contribution in [-0.4, -0.2) is 34.7 Å². The van der Waals surface area contributed by atoms with E-state index >= 15 is 4.39 Å². The Labute approximate surface area is 168 Å². The first kappa shape index (κ1) is 20.2. The van der Waals surface area contributed by atoms with E-state index < -0.39 is 5.60 Å². The average Bonchev–Trinajstić information content (AvgIpc) is 2.91. The molecule has 2 heterocycles. The van der Waals surface area contributed by atoms with Crippen molar-refractivity contribution in [2.75, 3.05) is 13.1 Å². The van der Waals surface area contributed by atoms with Gasteiger partial charge in [0.2, 0.25) is 0 Å². The Bertz CT molecular complexity index is 846. The summed E-state index contributed by atoms with van der Waals surface area (Å²) < 4.78 is 21.7. The van der Waals surface area contributed by atoms with Crippen molar-refractivity contribution >= 4 is 32.9 Å². The highest BCUT2D eigenvalue weighted by Crippen LogP contribution is 2.39. The van der Waals surface area contributed by atoms with Crippen molar-refractivity contribution in [1.82, 2.24) is 9.88 Å². The molecule has 0 spiro atoms. The van der Waals surface area contributed by atoms with Crippen molar-refractivity contribution < 1.29 is 13.9 Å². The van der Waals surface area contributed by atoms with Gasteiger partial charge in [-0.15, -0.1) is 0 Å². The number of fused-ring (bicyclic) bond motifs is 1. The number of halogens is 2. The summed E-state index contributed by atoms with van der Waals surface area (Å²) in [5.41, 5.74) is 2.05. The topological polar surface area (TPSA) is 45.3 Å². The van der Waals surface area contributed by atoms with Crippen LogP contribution in [0.15, 0.2) is 16.7 Å². The molecule has 4 nitrogen and oxygen atoms in total. The number of aromatic amines is 1. The lowest BCUT2D eigenvalue weighted by atomic mass is 9.87. The first-order chi connectivity index (χ1) is 12.6. The maximum absolute atomic E-state index is 15.4. The van der Waals surface area contributed by atoms with E-state index in [0.29, 0.717) is 18.5 Å². The van der Waals surface area contributed by atoms with Gasteiger partial charge in [0.1, 0.15) is 11.4 Å². The summed E-state index contributed by atoms with van der Waals surface area (Å²) in [4.78, 5) is 17.2. The number of benzene rings is 1. The fourth-order valence-electron chi connectivity index (χ4n) is 3.81. The predicted molar refractivity (Wildman–Crippen MR) is 110 cm³/mol. The molecule has 1 amide bonds. The number of carbonyl (C=O) groups excluding carboxylic acids is 1. The van der Waals surface area contributed by atoms with E-state index in [9.17, 15) is 4.79 Å². The van der Waals surface area contributed by atoms with Gasteiger partial charge in [-0.05, 0) is 78.6 Å². The van der Waals surface area contributed by atoms with E-state index in [1.165, 1.54) is 0 Å². The second-order valence-electron chi connectivity index (χ2n) is 8.64. The number of aromatic nitrogens is 1. The molecular formula is C21H28BrFN2O2. The maximum atomic E-state index is 15.4. The first-order valence-electron chi connectivity index (χ1n) is 9.56. The fraction of sp³-hybridized carbons (Fsp3) is 0.571. The SMILES string of the molecule is CC(C)c1c(Br)[nH]c2ccc(C3CCN(C(=O)OC(C)(C)C)CC3)c(F)c12. The quantitative estimate of drug-likeness (QED) is 0.596. The summed E-state index contributed by atoms with van der Waals surface area (Å²) in [5.74, 6) is 0.197. The fourth-order valence-corrected chi connectivity index (χ4v) is 4.68. The van der Waals surface area contributed by atoms with Crippen LogP contribution in [-0.2, 0) is 4.74 Å². The standard InChI is InChI=1S/C21H28BrFN2O2/c1-12(2)16-17-15(24-19(16)22)7-6-14(18(17)23)13-8-10-25(11-9-13)20(26)27-21(3,4)5/h6-7,12-13,24H,8-11H2,1-5H3. The molecule has 0 aliphatic carbocycles. The summed E-state index contributed by atoms with van der Waals surface area (Å²) in [6.45, 7) is 10.9. The highest BCUT2D eigenvalue weighted by atomic mass is 79.9. The van der Waals surface area contributed by atoms with Gasteiger partial charge in [0.15, 0.2) is 0 Å². The molecule has 1 aromatic carbocycles. The molecule has 1 aliphatic heterocycles. The van der Waals surface area contributed by atoms with Gasteiger partial charge in [-0.3, -0.25) is 0 Å². The molecule has 1 N–H and O–H groups in total. The normalized spacial score (nSPS) is 16.4. The Morgan fingerprint density at radius 1 is 1.30 bits per heavy atom. The Morgan fingerprint density at radius 3 is 2.48 bits per heavy atom. The minimum atomic E-state index is -0.500. The Morgan fingerprint density at radius 2 is 1.93 bits per heavy atom. The zero-order valence-electron chi connectivity index (χ0n) is 16.7. The molecule has 148 valence electrons. The summed E-state index contributed by atoms with van der Waals surface area (Å²) in [5, 5.41) is 0.684. The van der Waals surface area contributed by atoms with Crippen molar-refractivity contribution in [3.63, 3.8) is 0 Å². The number of rotatable bonds is 2. The number of ether oxygens (including phenoxy) is 1. The smallest absolute Gasteiger partial charge is 0.410 e. The van der Waals surface area contributed by atoms with Gasteiger partial charge in [0.05, 0.1) is 4.60 Å². The molecule has 0 radical (unpaired) electrons. The van der Waals surface area contributed by atoms with E-state index in [-0.39, 0.29) is 23.7 Å². The van der Waals surface area contributed by atoms with Crippen molar-refractivity contribution in [2.45, 2.75) is 64.9 Å². The van der Waals surface area contributed by atoms with Crippen LogP contribution in [0.4, 0.5) is 9.18 Å². The molecule has 1 aromatic heterocycles. The number of nitrogens with zero attached hydrogens (tertiary/aromatic N) is 1. The van der Waals surface area contributed by atoms with Crippen molar-refractivity contribution in [3.8, 4) is 0 Å². The third-order valence-electron chi connectivity index (χ3n) is 5.09. The average molecular weight is 439 g/mol. The molecule has 2 aromatic rings. The van der Waals surface area contributed by atoms with Crippen LogP contribution in [0.3, 0.4) is 0 Å². The van der Waals surface area contributed by atoms with Gasteiger partial charge in [-0.25, -0.2) is 9.18 Å². The second kappa shape index (κ2) is 7.46. The summed E-state index contributed by atoms with van der Waals surface area (Å²) in [7, 11) is 0. The molecule has 1 saturated heterocycles. The number of piperidine rings is 1. The molecule has 1 aliphatic rings. The lowest BCUT2D eigenvalue weighted by molar-refractivity contribution is 0.0204. The largest absolute Gasteiger partial charge is 0.444 e. The lowest BCUT2D eigenvalue weighted by Gasteiger charge is -2.33. The van der Waals surface area contributed by atoms with Crippen molar-refractivity contribution in [3.05, 3.63) is 33.7 Å². The third kappa shape index (κ3) is 4.15. The molecule has 1 fully saturated rings. The number of carbonyl (C=O) groups is 1. The minimum absolute atomic E-state index is 0.113. The minimum Gasteiger partial charge on any atom is -0.444 e. The van der Waals surface area contributed by atoms with Crippen LogP contribution < -0.4 is 0 Å². The van der Waals surface area contributed by atoms with Crippen LogP contribution in [0.5, 0.6) is 0 Å². The summed E-state index contributed by atoms with van der Waals surface area (Å²) in [6.07, 6.45) is 1.20. The monoisotopic (exact) mass is 438 g/mol. The molecule has 0 bridgehead atoms. The molecule has 27 heavy (non-hydrogen) atoms.